The number of ether oxygens (including phenoxy) is 2. The van der Waals surface area contributed by atoms with Crippen LogP contribution in [0.4, 0.5) is 4.79 Å². The Morgan fingerprint density at radius 2 is 2.08 bits per heavy atom. The lowest BCUT2D eigenvalue weighted by Crippen LogP contribution is -2.18. The smallest absolute Gasteiger partial charge is 0.367 e. The maximum atomic E-state index is 10.9. The van der Waals surface area contributed by atoms with E-state index in [1.165, 1.54) is 7.11 Å². The molecule has 0 radical (unpaired) electrons. The molecule has 0 fully saturated rings. The van der Waals surface area contributed by atoms with Gasteiger partial charge in [0.25, 0.3) is 0 Å². The Morgan fingerprint density at radius 1 is 1.50 bits per heavy atom. The summed E-state index contributed by atoms with van der Waals surface area (Å²) in [5.41, 5.74) is 0. The van der Waals surface area contributed by atoms with E-state index in [-0.39, 0.29) is 0 Å². The highest BCUT2D eigenvalue weighted by atomic mass is 32.2. The van der Waals surface area contributed by atoms with Crippen LogP contribution >= 0.6 is 11.8 Å². The summed E-state index contributed by atoms with van der Waals surface area (Å²) in [7, 11) is 1.27. The quantitative estimate of drug-likeness (QED) is 0.633. The zero-order valence-electron chi connectivity index (χ0n) is 7.33. The van der Waals surface area contributed by atoms with Gasteiger partial charge in [-0.2, -0.15) is 0 Å². The third-order valence-corrected chi connectivity index (χ3v) is 1.96. The number of carbonyl (C=O) groups is 2. The molecular formula is C7H12O4S. The molecule has 0 saturated carbocycles. The van der Waals surface area contributed by atoms with E-state index in [0.29, 0.717) is 6.61 Å². The average molecular weight is 192 g/mol. The van der Waals surface area contributed by atoms with Crippen LogP contribution in [0.2, 0.25) is 0 Å². The number of hydrogen-bond donors (Lipinski definition) is 0. The van der Waals surface area contributed by atoms with E-state index in [2.05, 4.69) is 9.47 Å². The highest BCUT2D eigenvalue weighted by molar-refractivity contribution is 8.14. The summed E-state index contributed by atoms with van der Waals surface area (Å²) in [5, 5.41) is -0.979. The molecule has 0 saturated heterocycles. The summed E-state index contributed by atoms with van der Waals surface area (Å²) in [4.78, 5) is 21.6. The fraction of sp³-hybridized carbons (Fsp3) is 0.714. The Bertz CT molecular complexity index is 169. The minimum absolute atomic E-state index is 0.324. The van der Waals surface area contributed by atoms with Gasteiger partial charge in [-0.25, -0.2) is 4.79 Å². The van der Waals surface area contributed by atoms with Gasteiger partial charge in [-0.05, 0) is 25.6 Å². The second-order valence-corrected chi connectivity index (χ2v) is 3.24. The van der Waals surface area contributed by atoms with Crippen LogP contribution in [-0.2, 0) is 14.3 Å². The summed E-state index contributed by atoms with van der Waals surface area (Å²) in [6.45, 7) is 3.64. The van der Waals surface area contributed by atoms with Crippen molar-refractivity contribution in [2.45, 2.75) is 19.1 Å². The van der Waals surface area contributed by atoms with E-state index in [0.717, 1.165) is 11.8 Å². The molecule has 0 aromatic heterocycles. The van der Waals surface area contributed by atoms with Crippen molar-refractivity contribution in [3.8, 4) is 0 Å². The van der Waals surface area contributed by atoms with Crippen LogP contribution in [0.5, 0.6) is 0 Å². The van der Waals surface area contributed by atoms with Crippen molar-refractivity contribution in [3.05, 3.63) is 0 Å². The SMILES string of the molecule is CCOC(=O)C(C)SC(=O)OC. The number of carbonyl (C=O) groups excluding carboxylic acids is 2. The number of rotatable bonds is 3. The highest BCUT2D eigenvalue weighted by Crippen LogP contribution is 2.14. The monoisotopic (exact) mass is 192 g/mol. The van der Waals surface area contributed by atoms with Gasteiger partial charge in [-0.1, -0.05) is 0 Å². The number of hydrogen-bond acceptors (Lipinski definition) is 5. The topological polar surface area (TPSA) is 52.6 Å². The minimum Gasteiger partial charge on any atom is -0.465 e. The molecule has 4 nitrogen and oxygen atoms in total. The fourth-order valence-electron chi connectivity index (χ4n) is 0.500. The predicted octanol–water partition coefficient (Wildman–Crippen LogP) is 1.44. The van der Waals surface area contributed by atoms with Crippen molar-refractivity contribution in [1.82, 2.24) is 0 Å². The van der Waals surface area contributed by atoms with Gasteiger partial charge in [-0.15, -0.1) is 0 Å². The predicted molar refractivity (Wildman–Crippen MR) is 46.1 cm³/mol. The van der Waals surface area contributed by atoms with Crippen LogP contribution in [0.3, 0.4) is 0 Å². The third kappa shape index (κ3) is 4.23. The summed E-state index contributed by atoms with van der Waals surface area (Å²) < 4.78 is 9.05. The summed E-state index contributed by atoms with van der Waals surface area (Å²) in [5.74, 6) is -0.395. The van der Waals surface area contributed by atoms with Gasteiger partial charge in [0.2, 0.25) is 0 Å². The second kappa shape index (κ2) is 5.88. The van der Waals surface area contributed by atoms with Crippen LogP contribution in [0.15, 0.2) is 0 Å². The Balaban J connectivity index is 3.78. The highest BCUT2D eigenvalue weighted by Gasteiger charge is 2.18. The molecule has 0 amide bonds. The second-order valence-electron chi connectivity index (χ2n) is 1.97. The molecule has 0 aliphatic carbocycles. The van der Waals surface area contributed by atoms with Crippen molar-refractivity contribution in [3.63, 3.8) is 0 Å². The third-order valence-electron chi connectivity index (χ3n) is 1.06. The van der Waals surface area contributed by atoms with Crippen LogP contribution in [0.25, 0.3) is 0 Å². The lowest BCUT2D eigenvalue weighted by molar-refractivity contribution is -0.142. The van der Waals surface area contributed by atoms with Gasteiger partial charge >= 0.3 is 11.3 Å². The first-order valence-electron chi connectivity index (χ1n) is 3.53. The standard InChI is InChI=1S/C7H12O4S/c1-4-11-6(8)5(2)12-7(9)10-3/h5H,4H2,1-3H3. The molecule has 5 heteroatoms. The van der Waals surface area contributed by atoms with E-state index in [1.807, 2.05) is 0 Å². The molecule has 0 spiro atoms. The lowest BCUT2D eigenvalue weighted by atomic mass is 10.5. The number of esters is 1. The van der Waals surface area contributed by atoms with E-state index >= 15 is 0 Å². The molecule has 1 unspecified atom stereocenters. The van der Waals surface area contributed by atoms with Crippen molar-refractivity contribution in [2.24, 2.45) is 0 Å². The molecular weight excluding hydrogens is 180 g/mol. The zero-order chi connectivity index (χ0) is 9.56. The Kier molecular flexibility index (Phi) is 5.53. The molecule has 0 aromatic carbocycles. The summed E-state index contributed by atoms with van der Waals surface area (Å²) in [6.07, 6.45) is 0. The average Bonchev–Trinajstić information content (AvgIpc) is 2.04. The van der Waals surface area contributed by atoms with Gasteiger partial charge in [0.05, 0.1) is 13.7 Å². The van der Waals surface area contributed by atoms with Gasteiger partial charge in [0.15, 0.2) is 0 Å². The lowest BCUT2D eigenvalue weighted by Gasteiger charge is -2.07. The first kappa shape index (κ1) is 11.3. The summed E-state index contributed by atoms with van der Waals surface area (Å²) >= 11 is 0.812. The van der Waals surface area contributed by atoms with E-state index in [4.69, 9.17) is 0 Å². The molecule has 12 heavy (non-hydrogen) atoms. The number of methoxy groups -OCH3 is 1. The normalized spacial score (nSPS) is 11.9. The van der Waals surface area contributed by atoms with E-state index in [1.54, 1.807) is 13.8 Å². The zero-order valence-corrected chi connectivity index (χ0v) is 8.14. The Morgan fingerprint density at radius 3 is 2.50 bits per heavy atom. The van der Waals surface area contributed by atoms with Crippen molar-refractivity contribution < 1.29 is 19.1 Å². The molecule has 0 rings (SSSR count). The van der Waals surface area contributed by atoms with Gasteiger partial charge in [-0.3, -0.25) is 4.79 Å². The molecule has 0 aliphatic rings. The van der Waals surface area contributed by atoms with Crippen LogP contribution in [0, 0.1) is 0 Å². The maximum absolute atomic E-state index is 10.9. The van der Waals surface area contributed by atoms with Gasteiger partial charge in [0, 0.05) is 0 Å². The molecule has 0 aromatic rings. The molecule has 0 heterocycles. The van der Waals surface area contributed by atoms with Crippen LogP contribution < -0.4 is 0 Å². The van der Waals surface area contributed by atoms with Crippen molar-refractivity contribution in [2.75, 3.05) is 13.7 Å². The summed E-state index contributed by atoms with van der Waals surface area (Å²) in [6, 6.07) is 0. The largest absolute Gasteiger partial charge is 0.465 e. The Hall–Kier alpha value is -0.710. The van der Waals surface area contributed by atoms with Gasteiger partial charge < -0.3 is 9.47 Å². The first-order chi connectivity index (χ1) is 5.61. The van der Waals surface area contributed by atoms with E-state index < -0.39 is 16.5 Å². The number of thioether (sulfide) groups is 1. The maximum Gasteiger partial charge on any atom is 0.367 e. The molecule has 0 aliphatic heterocycles. The first-order valence-corrected chi connectivity index (χ1v) is 4.41. The Labute approximate surface area is 75.6 Å². The van der Waals surface area contributed by atoms with E-state index in [9.17, 15) is 9.59 Å². The van der Waals surface area contributed by atoms with Crippen LogP contribution in [0.1, 0.15) is 13.8 Å². The van der Waals surface area contributed by atoms with Crippen LogP contribution in [-0.4, -0.2) is 30.2 Å². The fourth-order valence-corrected chi connectivity index (χ4v) is 1.05. The molecule has 0 N–H and O–H groups in total. The molecule has 1 atom stereocenters. The van der Waals surface area contributed by atoms with Crippen molar-refractivity contribution >= 4 is 23.0 Å². The van der Waals surface area contributed by atoms with Gasteiger partial charge in [0.1, 0.15) is 5.25 Å². The molecule has 70 valence electrons. The van der Waals surface area contributed by atoms with Crippen molar-refractivity contribution in [1.29, 1.82) is 0 Å². The minimum atomic E-state index is -0.502. The molecule has 0 bridgehead atoms.